The summed E-state index contributed by atoms with van der Waals surface area (Å²) in [6, 6.07) is 0. The number of methoxy groups -OCH3 is 5. The summed E-state index contributed by atoms with van der Waals surface area (Å²) in [4.78, 5) is 13.5. The third-order valence-electron chi connectivity index (χ3n) is 11.5. The smallest absolute Gasteiger partial charge is 0.331 e. The first-order valence-electron chi connectivity index (χ1n) is 19.4. The summed E-state index contributed by atoms with van der Waals surface area (Å²) in [7, 11) is 8.14. The number of cyclic esters (lactones) is 1. The van der Waals surface area contributed by atoms with Crippen molar-refractivity contribution in [3.05, 3.63) is 59.9 Å². The molecular weight excluding hydrogens is 696 g/mol. The maximum atomic E-state index is 13.5. The molecule has 54 heavy (non-hydrogen) atoms. The highest BCUT2D eigenvalue weighted by Crippen LogP contribution is 2.44. The van der Waals surface area contributed by atoms with E-state index in [1.54, 1.807) is 54.6 Å². The molecule has 0 amide bonds. The normalized spacial score (nSPS) is 41.5. The second-order valence-corrected chi connectivity index (χ2v) is 15.4. The predicted molar refractivity (Wildman–Crippen MR) is 204 cm³/mol. The Kier molecular flexibility index (Phi) is 17.0. The Morgan fingerprint density at radius 2 is 1.63 bits per heavy atom. The first-order chi connectivity index (χ1) is 25.8. The fourth-order valence-corrected chi connectivity index (χ4v) is 8.11. The second kappa shape index (κ2) is 20.7. The number of allylic oxidation sites excluding steroid dienone is 2. The van der Waals surface area contributed by atoms with E-state index in [1.165, 1.54) is 6.08 Å². The lowest BCUT2D eigenvalue weighted by molar-refractivity contribution is -0.158. The summed E-state index contributed by atoms with van der Waals surface area (Å²) in [6.07, 6.45) is 12.9. The van der Waals surface area contributed by atoms with Gasteiger partial charge in [0, 0.05) is 71.5 Å². The van der Waals surface area contributed by atoms with Crippen LogP contribution in [0.4, 0.5) is 0 Å². The second-order valence-electron chi connectivity index (χ2n) is 15.4. The number of carbonyl (C=O) groups excluding carboxylic acids is 1. The highest BCUT2D eigenvalue weighted by molar-refractivity contribution is 5.82. The van der Waals surface area contributed by atoms with Crippen LogP contribution in [0.15, 0.2) is 59.9 Å². The zero-order valence-electron chi connectivity index (χ0n) is 33.9. The van der Waals surface area contributed by atoms with E-state index in [9.17, 15) is 15.0 Å². The average Bonchev–Trinajstić information content (AvgIpc) is 3.97. The molecule has 0 aromatic rings. The number of rotatable bonds is 10. The molecule has 4 aliphatic heterocycles. The van der Waals surface area contributed by atoms with Gasteiger partial charge in [-0.1, -0.05) is 62.8 Å². The number of hydrogen-bond acceptors (Lipinski definition) is 12. The Balaban J connectivity index is 1.66. The van der Waals surface area contributed by atoms with Crippen molar-refractivity contribution in [1.82, 2.24) is 0 Å². The Hall–Kier alpha value is -2.39. The van der Waals surface area contributed by atoms with E-state index >= 15 is 0 Å². The zero-order valence-corrected chi connectivity index (χ0v) is 33.9. The van der Waals surface area contributed by atoms with Crippen molar-refractivity contribution < 1.29 is 57.6 Å². The largest absolute Gasteiger partial charge is 0.498 e. The molecule has 2 bridgehead atoms. The molecule has 2 saturated heterocycles. The van der Waals surface area contributed by atoms with Crippen molar-refractivity contribution in [3.8, 4) is 0 Å². The van der Waals surface area contributed by atoms with E-state index in [4.69, 9.17) is 42.6 Å². The molecule has 12 heteroatoms. The van der Waals surface area contributed by atoms with Crippen LogP contribution in [0.1, 0.15) is 66.7 Å². The molecule has 2 fully saturated rings. The Morgan fingerprint density at radius 1 is 0.907 bits per heavy atom. The lowest BCUT2D eigenvalue weighted by atomic mass is 9.80. The quantitative estimate of drug-likeness (QED) is 0.175. The Labute approximate surface area is 322 Å². The molecule has 4 heterocycles. The van der Waals surface area contributed by atoms with Gasteiger partial charge in [-0.3, -0.25) is 0 Å². The predicted octanol–water partition coefficient (Wildman–Crippen LogP) is 5.02. The van der Waals surface area contributed by atoms with Crippen LogP contribution < -0.4 is 0 Å². The molecule has 0 radical (unpaired) electrons. The molecule has 0 aliphatic carbocycles. The van der Waals surface area contributed by atoms with Crippen molar-refractivity contribution in [2.24, 2.45) is 17.8 Å². The number of epoxide rings is 1. The van der Waals surface area contributed by atoms with Crippen molar-refractivity contribution in [1.29, 1.82) is 0 Å². The van der Waals surface area contributed by atoms with Crippen molar-refractivity contribution in [2.75, 3.05) is 42.2 Å². The topological polar surface area (TPSA) is 144 Å². The Bertz CT molecular complexity index is 1340. The third kappa shape index (κ3) is 11.6. The van der Waals surface area contributed by atoms with Gasteiger partial charge in [-0.15, -0.1) is 0 Å². The molecule has 0 saturated carbocycles. The van der Waals surface area contributed by atoms with Crippen LogP contribution in [0.3, 0.4) is 0 Å². The highest BCUT2D eigenvalue weighted by atomic mass is 16.6. The minimum atomic E-state index is -0.961. The summed E-state index contributed by atoms with van der Waals surface area (Å²) in [5.41, 5.74) is -0.214. The lowest BCUT2D eigenvalue weighted by Gasteiger charge is -2.38. The van der Waals surface area contributed by atoms with Gasteiger partial charge in [0.25, 0.3) is 0 Å². The third-order valence-corrected chi connectivity index (χ3v) is 11.5. The van der Waals surface area contributed by atoms with Gasteiger partial charge in [-0.05, 0) is 32.8 Å². The van der Waals surface area contributed by atoms with Gasteiger partial charge in [0.1, 0.15) is 11.9 Å². The molecule has 0 unspecified atom stereocenters. The number of aliphatic hydroxyl groups is 2. The van der Waals surface area contributed by atoms with E-state index in [0.29, 0.717) is 37.2 Å². The first-order valence-corrected chi connectivity index (χ1v) is 19.4. The number of aliphatic hydroxyl groups excluding tert-OH is 2. The zero-order chi connectivity index (χ0) is 39.6. The summed E-state index contributed by atoms with van der Waals surface area (Å²) >= 11 is 0. The lowest BCUT2D eigenvalue weighted by Crippen LogP contribution is -2.46. The monoisotopic (exact) mass is 762 g/mol. The van der Waals surface area contributed by atoms with E-state index < -0.39 is 54.1 Å². The van der Waals surface area contributed by atoms with Gasteiger partial charge >= 0.3 is 5.97 Å². The maximum Gasteiger partial charge on any atom is 0.331 e. The molecule has 2 N–H and O–H groups in total. The van der Waals surface area contributed by atoms with E-state index in [2.05, 4.69) is 6.08 Å². The molecule has 1 spiro atoms. The van der Waals surface area contributed by atoms with Crippen LogP contribution >= 0.6 is 0 Å². The number of esters is 1. The molecule has 0 aromatic carbocycles. The molecule has 4 aliphatic rings. The molecule has 0 aromatic heterocycles. The minimum absolute atomic E-state index is 0.0674. The van der Waals surface area contributed by atoms with E-state index in [1.807, 2.05) is 52.0 Å². The van der Waals surface area contributed by atoms with Crippen LogP contribution in [-0.4, -0.2) is 131 Å². The van der Waals surface area contributed by atoms with Gasteiger partial charge in [0.05, 0.1) is 74.8 Å². The van der Waals surface area contributed by atoms with Crippen LogP contribution in [0.5, 0.6) is 0 Å². The van der Waals surface area contributed by atoms with Crippen molar-refractivity contribution in [3.63, 3.8) is 0 Å². The number of ether oxygens (including phenoxy) is 9. The van der Waals surface area contributed by atoms with Gasteiger partial charge in [-0.2, -0.15) is 0 Å². The maximum absolute atomic E-state index is 13.5. The number of hydrogen-bond donors (Lipinski definition) is 2. The SMILES string of the molecule is CO/C1=C/[C@@H]2CC=C[C@@H](C[C@@H](OC)[C@H](O)/C=C(C)/C=C/C(=O)O[C@H]([C@@H](C)[C@@H](O)[C@@H](C)/C=C/[C@H]3C[C@H](OC)C[C@H](C)O3)[C@@H](C)[C@H](OC)C[C@H](OC)[C@]13CO3)O2. The summed E-state index contributed by atoms with van der Waals surface area (Å²) < 4.78 is 54.3. The highest BCUT2D eigenvalue weighted by Gasteiger charge is 2.58. The standard InChI is InChI=1S/C42H66O12/c1-25-14-17-39(44)54-41(29(5)40(45)26(2)15-16-32-20-33(46-6)19-27(3)52-32)28(4)35(47-7)23-38(50-10)42(24-51-42)37(49-9)22-31-13-11-12-30(53-31)21-36(48-8)34(43)18-25/h11-12,14-18,22,26-36,38,40-41,43,45H,13,19-21,23-24H2,1-10H3/b16-15+,17-14+,25-18+,37-22+/t26-,27-,28-,29-,30-,31-,32-,33+,34+,35+,36+,38-,40-,41-,42-/m0/s1. The number of carbonyl (C=O) groups is 1. The van der Waals surface area contributed by atoms with Crippen LogP contribution in [0, 0.1) is 17.8 Å². The molecule has 4 rings (SSSR count). The summed E-state index contributed by atoms with van der Waals surface area (Å²) in [5.74, 6) is -1.16. The summed E-state index contributed by atoms with van der Waals surface area (Å²) in [5, 5.41) is 22.9. The van der Waals surface area contributed by atoms with E-state index in [-0.39, 0.29) is 42.4 Å². The first kappa shape index (κ1) is 44.3. The van der Waals surface area contributed by atoms with E-state index in [0.717, 1.165) is 12.8 Å². The van der Waals surface area contributed by atoms with Crippen molar-refractivity contribution in [2.45, 2.75) is 139 Å². The summed E-state index contributed by atoms with van der Waals surface area (Å²) in [6.45, 7) is 10.0. The van der Waals surface area contributed by atoms with Gasteiger partial charge in [0.2, 0.25) is 0 Å². The Morgan fingerprint density at radius 3 is 2.26 bits per heavy atom. The minimum Gasteiger partial charge on any atom is -0.498 e. The molecule has 306 valence electrons. The molecule has 12 nitrogen and oxygen atoms in total. The van der Waals surface area contributed by atoms with Crippen molar-refractivity contribution >= 4 is 5.97 Å². The van der Waals surface area contributed by atoms with Crippen LogP contribution in [0.25, 0.3) is 0 Å². The van der Waals surface area contributed by atoms with Gasteiger partial charge < -0.3 is 52.8 Å². The fourth-order valence-electron chi connectivity index (χ4n) is 8.11. The molecular formula is C42H66O12. The van der Waals surface area contributed by atoms with Crippen LogP contribution in [-0.2, 0) is 47.4 Å². The molecule has 15 atom stereocenters. The van der Waals surface area contributed by atoms with Crippen LogP contribution in [0.2, 0.25) is 0 Å². The van der Waals surface area contributed by atoms with Gasteiger partial charge in [-0.25, -0.2) is 4.79 Å². The fraction of sp³-hybridized carbons (Fsp3) is 0.738. The number of fused-ring (bicyclic) bond motifs is 2. The van der Waals surface area contributed by atoms with Gasteiger partial charge in [0.15, 0.2) is 5.60 Å². The average molecular weight is 763 g/mol.